The average molecular weight is 446 g/mol. The third-order valence-corrected chi connectivity index (χ3v) is 5.14. The van der Waals surface area contributed by atoms with Crippen LogP contribution in [0.2, 0.25) is 5.02 Å². The lowest BCUT2D eigenvalue weighted by atomic mass is 10.1. The topological polar surface area (TPSA) is 51.5 Å². The number of fused-ring (bicyclic) bond motifs is 1. The van der Waals surface area contributed by atoms with Gasteiger partial charge in [0.15, 0.2) is 5.65 Å². The second-order valence-corrected chi connectivity index (χ2v) is 7.37. The zero-order chi connectivity index (χ0) is 18.6. The largest absolute Gasteiger partial charge is 0.496 e. The third-order valence-electron chi connectivity index (χ3n) is 4.25. The van der Waals surface area contributed by atoms with Gasteiger partial charge in [-0.15, -0.1) is 0 Å². The minimum Gasteiger partial charge on any atom is -0.496 e. The van der Waals surface area contributed by atoms with E-state index < -0.39 is 0 Å². The zero-order valence-corrected chi connectivity index (χ0v) is 16.9. The van der Waals surface area contributed by atoms with Crippen molar-refractivity contribution < 1.29 is 4.74 Å². The van der Waals surface area contributed by atoms with Gasteiger partial charge < -0.3 is 10.1 Å². The van der Waals surface area contributed by atoms with Crippen LogP contribution in [-0.4, -0.2) is 27.7 Å². The van der Waals surface area contributed by atoms with Gasteiger partial charge in [-0.2, -0.15) is 9.61 Å². The normalized spacial score (nSPS) is 13.6. The molecule has 0 atom stereocenters. The van der Waals surface area contributed by atoms with Crippen LogP contribution < -0.4 is 5.32 Å². The summed E-state index contributed by atoms with van der Waals surface area (Å²) < 4.78 is 8.43. The number of halogens is 2. The van der Waals surface area contributed by atoms with Crippen LogP contribution in [0.25, 0.3) is 16.9 Å². The van der Waals surface area contributed by atoms with Gasteiger partial charge in [0.2, 0.25) is 0 Å². The van der Waals surface area contributed by atoms with E-state index >= 15 is 0 Å². The first kappa shape index (κ1) is 18.1. The Kier molecular flexibility index (Phi) is 5.45. The molecule has 1 aliphatic carbocycles. The molecule has 0 bridgehead atoms. The van der Waals surface area contributed by atoms with Crippen LogP contribution in [0.1, 0.15) is 12.8 Å². The molecule has 2 heterocycles. The number of aromatic nitrogens is 3. The number of hydrogen-bond acceptors (Lipinski definition) is 4. The van der Waals surface area contributed by atoms with E-state index in [4.69, 9.17) is 21.3 Å². The molecule has 3 aromatic rings. The third kappa shape index (κ3) is 4.01. The van der Waals surface area contributed by atoms with Crippen LogP contribution >= 0.6 is 27.5 Å². The van der Waals surface area contributed by atoms with Gasteiger partial charge in [0.1, 0.15) is 12.4 Å². The molecule has 0 fully saturated rings. The lowest BCUT2D eigenvalue weighted by molar-refractivity contribution is 0.213. The number of rotatable bonds is 6. The predicted octanol–water partition coefficient (Wildman–Crippen LogP) is 5.47. The Bertz CT molecular complexity index is 1030. The van der Waals surface area contributed by atoms with E-state index in [9.17, 15) is 0 Å². The Hall–Kier alpha value is -2.31. The predicted molar refractivity (Wildman–Crippen MR) is 112 cm³/mol. The summed E-state index contributed by atoms with van der Waals surface area (Å²) in [5.74, 6) is 1.86. The van der Waals surface area contributed by atoms with Crippen molar-refractivity contribution in [3.8, 4) is 11.3 Å². The fraction of sp³-hybridized carbons (Fsp3) is 0.200. The number of anilines is 1. The van der Waals surface area contributed by atoms with E-state index in [1.165, 1.54) is 0 Å². The van der Waals surface area contributed by atoms with Gasteiger partial charge in [-0.05, 0) is 34.5 Å². The van der Waals surface area contributed by atoms with Crippen molar-refractivity contribution in [3.05, 3.63) is 70.0 Å². The first-order valence-corrected chi connectivity index (χ1v) is 9.91. The molecule has 4 rings (SSSR count). The Morgan fingerprint density at radius 3 is 3.00 bits per heavy atom. The Morgan fingerprint density at radius 2 is 2.19 bits per heavy atom. The summed E-state index contributed by atoms with van der Waals surface area (Å²) in [5.41, 5.74) is 2.40. The van der Waals surface area contributed by atoms with Crippen molar-refractivity contribution in [3.63, 3.8) is 0 Å². The quantitative estimate of drug-likeness (QED) is 0.511. The fourth-order valence-electron chi connectivity index (χ4n) is 2.93. The molecule has 0 aliphatic heterocycles. The Morgan fingerprint density at radius 1 is 1.30 bits per heavy atom. The Balaban J connectivity index is 1.57. The molecule has 0 spiro atoms. The van der Waals surface area contributed by atoms with Crippen LogP contribution in [-0.2, 0) is 4.74 Å². The van der Waals surface area contributed by atoms with Crippen LogP contribution in [0.15, 0.2) is 65.0 Å². The van der Waals surface area contributed by atoms with Crippen molar-refractivity contribution in [2.45, 2.75) is 12.8 Å². The lowest BCUT2D eigenvalue weighted by Crippen LogP contribution is -2.13. The van der Waals surface area contributed by atoms with Gasteiger partial charge in [0.05, 0.1) is 28.7 Å². The van der Waals surface area contributed by atoms with E-state index in [1.807, 2.05) is 42.5 Å². The molecule has 0 unspecified atom stereocenters. The first-order chi connectivity index (χ1) is 13.2. The molecule has 0 saturated carbocycles. The van der Waals surface area contributed by atoms with Gasteiger partial charge in [-0.1, -0.05) is 42.0 Å². The highest BCUT2D eigenvalue weighted by atomic mass is 79.9. The monoisotopic (exact) mass is 444 g/mol. The number of hydrogen-bond donors (Lipinski definition) is 1. The van der Waals surface area contributed by atoms with Gasteiger partial charge in [-0.3, -0.25) is 0 Å². The zero-order valence-electron chi connectivity index (χ0n) is 14.5. The maximum atomic E-state index is 6.36. The standard InChI is InChI=1S/C20H18BrClN4O/c21-16-13-24-26-19(23-10-11-27-14-6-2-1-3-7-14)12-18(25-20(16)26)15-8-4-5-9-17(15)22/h1-2,4-6,8-9,12-13,23H,3,7,10-11H2. The molecular weight excluding hydrogens is 428 g/mol. The average Bonchev–Trinajstić information content (AvgIpc) is 3.07. The number of ether oxygens (including phenoxy) is 1. The van der Waals surface area contributed by atoms with Crippen LogP contribution in [0.5, 0.6) is 0 Å². The molecule has 138 valence electrons. The maximum Gasteiger partial charge on any atom is 0.172 e. The maximum absolute atomic E-state index is 6.36. The highest BCUT2D eigenvalue weighted by Crippen LogP contribution is 2.30. The molecule has 0 radical (unpaired) electrons. The summed E-state index contributed by atoms with van der Waals surface area (Å²) >= 11 is 9.88. The number of allylic oxidation sites excluding steroid dienone is 4. The van der Waals surface area contributed by atoms with Gasteiger partial charge in [0, 0.05) is 23.1 Å². The minimum absolute atomic E-state index is 0.577. The molecule has 1 aromatic carbocycles. The van der Waals surface area contributed by atoms with Crippen LogP contribution in [0.4, 0.5) is 5.82 Å². The number of nitrogens with zero attached hydrogens (tertiary/aromatic N) is 3. The summed E-state index contributed by atoms with van der Waals surface area (Å²) in [6.07, 6.45) is 9.93. The summed E-state index contributed by atoms with van der Waals surface area (Å²) in [7, 11) is 0. The van der Waals surface area contributed by atoms with Crippen molar-refractivity contribution in [2.75, 3.05) is 18.5 Å². The van der Waals surface area contributed by atoms with Crippen LogP contribution in [0, 0.1) is 0 Å². The SMILES string of the molecule is Clc1ccccc1-c1cc(NCCOC2=CC=CCC2)n2ncc(Br)c2n1. The van der Waals surface area contributed by atoms with Gasteiger partial charge in [-0.25, -0.2) is 4.98 Å². The van der Waals surface area contributed by atoms with Crippen molar-refractivity contribution >= 4 is 39.0 Å². The highest BCUT2D eigenvalue weighted by molar-refractivity contribution is 9.10. The van der Waals surface area contributed by atoms with E-state index in [0.717, 1.165) is 45.8 Å². The molecular formula is C20H18BrClN4O. The first-order valence-electron chi connectivity index (χ1n) is 8.74. The number of nitrogens with one attached hydrogen (secondary N) is 1. The highest BCUT2D eigenvalue weighted by Gasteiger charge is 2.13. The fourth-order valence-corrected chi connectivity index (χ4v) is 3.51. The molecule has 7 heteroatoms. The van der Waals surface area contributed by atoms with Crippen LogP contribution in [0.3, 0.4) is 0 Å². The second kappa shape index (κ2) is 8.15. The lowest BCUT2D eigenvalue weighted by Gasteiger charge is -2.14. The van der Waals surface area contributed by atoms with Crippen molar-refractivity contribution in [1.29, 1.82) is 0 Å². The molecule has 2 aromatic heterocycles. The molecule has 0 saturated heterocycles. The van der Waals surface area contributed by atoms with E-state index in [0.29, 0.717) is 18.2 Å². The van der Waals surface area contributed by atoms with E-state index in [2.05, 4.69) is 32.4 Å². The smallest absolute Gasteiger partial charge is 0.172 e. The summed E-state index contributed by atoms with van der Waals surface area (Å²) in [6, 6.07) is 9.63. The molecule has 1 N–H and O–H groups in total. The molecule has 0 amide bonds. The molecule has 5 nitrogen and oxygen atoms in total. The number of benzene rings is 1. The van der Waals surface area contributed by atoms with Gasteiger partial charge >= 0.3 is 0 Å². The Labute approximate surface area is 170 Å². The summed E-state index contributed by atoms with van der Waals surface area (Å²) in [6.45, 7) is 1.23. The summed E-state index contributed by atoms with van der Waals surface area (Å²) in [5, 5.41) is 8.45. The van der Waals surface area contributed by atoms with E-state index in [1.54, 1.807) is 10.7 Å². The van der Waals surface area contributed by atoms with E-state index in [-0.39, 0.29) is 0 Å². The molecule has 1 aliphatic rings. The van der Waals surface area contributed by atoms with Crippen molar-refractivity contribution in [1.82, 2.24) is 14.6 Å². The second-order valence-electron chi connectivity index (χ2n) is 6.11. The van der Waals surface area contributed by atoms with Crippen molar-refractivity contribution in [2.24, 2.45) is 0 Å². The minimum atomic E-state index is 0.577. The summed E-state index contributed by atoms with van der Waals surface area (Å²) in [4.78, 5) is 4.71. The van der Waals surface area contributed by atoms with Gasteiger partial charge in [0.25, 0.3) is 0 Å². The molecule has 27 heavy (non-hydrogen) atoms.